The zero-order valence-corrected chi connectivity index (χ0v) is 10.7. The topological polar surface area (TPSA) is 18.5 Å². The number of fused-ring (bicyclic) bond motifs is 2. The van der Waals surface area contributed by atoms with Crippen LogP contribution in [0.1, 0.15) is 26.7 Å². The van der Waals surface area contributed by atoms with Crippen molar-refractivity contribution in [1.82, 2.24) is 15.1 Å². The van der Waals surface area contributed by atoms with Gasteiger partial charge in [0, 0.05) is 37.8 Å². The number of piperazine rings is 1. The van der Waals surface area contributed by atoms with Crippen molar-refractivity contribution in [2.24, 2.45) is 5.92 Å². The summed E-state index contributed by atoms with van der Waals surface area (Å²) in [5.74, 6) is 0.950. The molecule has 2 bridgehead atoms. The van der Waals surface area contributed by atoms with Crippen LogP contribution in [0.2, 0.25) is 0 Å². The van der Waals surface area contributed by atoms with Gasteiger partial charge in [0.2, 0.25) is 0 Å². The SMILES string of the molecule is CC1(C)CNCCN1C1CCN2CCC1C2. The molecule has 0 aromatic carbocycles. The Hall–Kier alpha value is -0.120. The Balaban J connectivity index is 1.75. The first-order valence-electron chi connectivity index (χ1n) is 6.87. The summed E-state index contributed by atoms with van der Waals surface area (Å²) in [6, 6.07) is 0.857. The Morgan fingerprint density at radius 3 is 2.75 bits per heavy atom. The third-order valence-corrected chi connectivity index (χ3v) is 4.86. The smallest absolute Gasteiger partial charge is 0.0281 e. The normalized spacial score (nSPS) is 43.5. The van der Waals surface area contributed by atoms with E-state index in [0.29, 0.717) is 5.54 Å². The van der Waals surface area contributed by atoms with Crippen molar-refractivity contribution in [3.05, 3.63) is 0 Å². The predicted molar refractivity (Wildman–Crippen MR) is 66.6 cm³/mol. The fraction of sp³-hybridized carbons (Fsp3) is 1.00. The van der Waals surface area contributed by atoms with Crippen molar-refractivity contribution in [2.75, 3.05) is 39.3 Å². The van der Waals surface area contributed by atoms with E-state index in [0.717, 1.165) is 18.5 Å². The molecule has 92 valence electrons. The Labute approximate surface area is 99.2 Å². The lowest BCUT2D eigenvalue weighted by atomic mass is 9.87. The van der Waals surface area contributed by atoms with Crippen molar-refractivity contribution in [2.45, 2.75) is 38.3 Å². The zero-order valence-electron chi connectivity index (χ0n) is 10.7. The second-order valence-electron chi connectivity index (χ2n) is 6.39. The Morgan fingerprint density at radius 1 is 1.12 bits per heavy atom. The molecule has 3 fully saturated rings. The summed E-state index contributed by atoms with van der Waals surface area (Å²) in [6.07, 6.45) is 2.83. The van der Waals surface area contributed by atoms with Gasteiger partial charge in [-0.3, -0.25) is 4.90 Å². The molecule has 0 aromatic heterocycles. The number of rotatable bonds is 1. The van der Waals surface area contributed by atoms with Gasteiger partial charge in [-0.2, -0.15) is 0 Å². The van der Waals surface area contributed by atoms with Crippen molar-refractivity contribution in [3.63, 3.8) is 0 Å². The molecule has 3 aliphatic rings. The van der Waals surface area contributed by atoms with E-state index in [1.807, 2.05) is 0 Å². The van der Waals surface area contributed by atoms with Gasteiger partial charge in [-0.25, -0.2) is 0 Å². The Morgan fingerprint density at radius 2 is 1.94 bits per heavy atom. The van der Waals surface area contributed by atoms with E-state index in [4.69, 9.17) is 0 Å². The molecule has 16 heavy (non-hydrogen) atoms. The standard InChI is InChI=1S/C13H25N3/c1-13(2)10-14-5-8-16(13)12-4-7-15-6-3-11(12)9-15/h11-12,14H,3-10H2,1-2H3. The van der Waals surface area contributed by atoms with E-state index in [1.165, 1.54) is 45.6 Å². The maximum absolute atomic E-state index is 3.54. The molecule has 3 heteroatoms. The minimum absolute atomic E-state index is 0.355. The van der Waals surface area contributed by atoms with Crippen LogP contribution in [-0.2, 0) is 0 Å². The van der Waals surface area contributed by atoms with E-state index in [9.17, 15) is 0 Å². The summed E-state index contributed by atoms with van der Waals surface area (Å²) in [5, 5.41) is 3.54. The maximum atomic E-state index is 3.54. The van der Waals surface area contributed by atoms with Crippen LogP contribution in [0.4, 0.5) is 0 Å². The molecule has 3 unspecified atom stereocenters. The third kappa shape index (κ3) is 1.79. The maximum Gasteiger partial charge on any atom is 0.0281 e. The highest BCUT2D eigenvalue weighted by Gasteiger charge is 2.42. The Kier molecular flexibility index (Phi) is 2.73. The lowest BCUT2D eigenvalue weighted by Crippen LogP contribution is -2.63. The quantitative estimate of drug-likeness (QED) is 0.708. The molecule has 0 radical (unpaired) electrons. The van der Waals surface area contributed by atoms with Gasteiger partial charge < -0.3 is 10.2 Å². The van der Waals surface area contributed by atoms with E-state index in [1.54, 1.807) is 0 Å². The van der Waals surface area contributed by atoms with Crippen LogP contribution in [0.25, 0.3) is 0 Å². The van der Waals surface area contributed by atoms with E-state index >= 15 is 0 Å². The highest BCUT2D eigenvalue weighted by molar-refractivity contribution is 4.99. The van der Waals surface area contributed by atoms with Crippen molar-refractivity contribution >= 4 is 0 Å². The molecule has 0 aromatic rings. The first-order valence-corrected chi connectivity index (χ1v) is 6.87. The van der Waals surface area contributed by atoms with Gasteiger partial charge in [-0.1, -0.05) is 0 Å². The van der Waals surface area contributed by atoms with Gasteiger partial charge in [-0.15, -0.1) is 0 Å². The predicted octanol–water partition coefficient (Wildman–Crippen LogP) is 0.764. The lowest BCUT2D eigenvalue weighted by molar-refractivity contribution is 0.00258. The molecule has 0 amide bonds. The fourth-order valence-electron chi connectivity index (χ4n) is 3.95. The highest BCUT2D eigenvalue weighted by atomic mass is 15.3. The molecule has 3 saturated heterocycles. The van der Waals surface area contributed by atoms with E-state index in [2.05, 4.69) is 29.0 Å². The van der Waals surface area contributed by atoms with Crippen molar-refractivity contribution < 1.29 is 0 Å². The summed E-state index contributed by atoms with van der Waals surface area (Å²) in [5.41, 5.74) is 0.355. The third-order valence-electron chi connectivity index (χ3n) is 4.86. The molecule has 3 heterocycles. The Bertz CT molecular complexity index is 264. The van der Waals surface area contributed by atoms with Gasteiger partial charge in [-0.05, 0) is 45.7 Å². The van der Waals surface area contributed by atoms with Crippen LogP contribution in [0, 0.1) is 5.92 Å². The average molecular weight is 223 g/mol. The number of hydrogen-bond donors (Lipinski definition) is 1. The van der Waals surface area contributed by atoms with Gasteiger partial charge in [0.25, 0.3) is 0 Å². The van der Waals surface area contributed by atoms with Crippen LogP contribution in [-0.4, -0.2) is 60.6 Å². The summed E-state index contributed by atoms with van der Waals surface area (Å²) in [4.78, 5) is 5.45. The van der Waals surface area contributed by atoms with Crippen molar-refractivity contribution in [1.29, 1.82) is 0 Å². The summed E-state index contributed by atoms with van der Waals surface area (Å²) in [6.45, 7) is 12.4. The monoisotopic (exact) mass is 223 g/mol. The van der Waals surface area contributed by atoms with Gasteiger partial charge in [0.1, 0.15) is 0 Å². The minimum Gasteiger partial charge on any atom is -0.314 e. The molecule has 0 spiro atoms. The van der Waals surface area contributed by atoms with Crippen molar-refractivity contribution in [3.8, 4) is 0 Å². The van der Waals surface area contributed by atoms with E-state index < -0.39 is 0 Å². The number of nitrogens with zero attached hydrogens (tertiary/aromatic N) is 2. The van der Waals surface area contributed by atoms with E-state index in [-0.39, 0.29) is 0 Å². The highest BCUT2D eigenvalue weighted by Crippen LogP contribution is 2.34. The molecule has 3 rings (SSSR count). The molecule has 1 N–H and O–H groups in total. The summed E-state index contributed by atoms with van der Waals surface area (Å²) in [7, 11) is 0. The van der Waals surface area contributed by atoms with Crippen LogP contribution in [0.5, 0.6) is 0 Å². The molecular weight excluding hydrogens is 198 g/mol. The van der Waals surface area contributed by atoms with Crippen LogP contribution >= 0.6 is 0 Å². The molecule has 3 nitrogen and oxygen atoms in total. The second-order valence-corrected chi connectivity index (χ2v) is 6.39. The van der Waals surface area contributed by atoms with Crippen LogP contribution in [0.3, 0.4) is 0 Å². The summed E-state index contributed by atoms with van der Waals surface area (Å²) >= 11 is 0. The second kappa shape index (κ2) is 3.97. The molecule has 3 aliphatic heterocycles. The van der Waals surface area contributed by atoms with Crippen LogP contribution < -0.4 is 5.32 Å². The lowest BCUT2D eigenvalue weighted by Gasteiger charge is -2.50. The largest absolute Gasteiger partial charge is 0.314 e. The van der Waals surface area contributed by atoms with Gasteiger partial charge in [0.15, 0.2) is 0 Å². The molecule has 0 saturated carbocycles. The first-order chi connectivity index (χ1) is 7.67. The molecule has 0 aliphatic carbocycles. The fourth-order valence-corrected chi connectivity index (χ4v) is 3.95. The van der Waals surface area contributed by atoms with Crippen LogP contribution in [0.15, 0.2) is 0 Å². The zero-order chi connectivity index (χ0) is 11.2. The minimum atomic E-state index is 0.355. The number of piperidine rings is 1. The summed E-state index contributed by atoms with van der Waals surface area (Å²) < 4.78 is 0. The number of hydrogen-bond acceptors (Lipinski definition) is 3. The van der Waals surface area contributed by atoms with Gasteiger partial charge in [0.05, 0.1) is 0 Å². The first kappa shape index (κ1) is 11.0. The molecule has 3 atom stereocenters. The molecular formula is C13H25N3. The average Bonchev–Trinajstić information content (AvgIpc) is 2.62. The number of nitrogens with one attached hydrogen (secondary N) is 1. The van der Waals surface area contributed by atoms with Gasteiger partial charge >= 0.3 is 0 Å².